The Kier molecular flexibility index (Phi) is 3.67. The summed E-state index contributed by atoms with van der Waals surface area (Å²) in [6.45, 7) is 2.64. The highest BCUT2D eigenvalue weighted by atomic mass is 16.4. The predicted molar refractivity (Wildman–Crippen MR) is 83.6 cm³/mol. The number of likely N-dealkylation sites (tertiary alicyclic amines) is 1. The Morgan fingerprint density at radius 3 is 2.32 bits per heavy atom. The summed E-state index contributed by atoms with van der Waals surface area (Å²) >= 11 is 0. The van der Waals surface area contributed by atoms with E-state index >= 15 is 0 Å². The number of benzene rings is 2. The summed E-state index contributed by atoms with van der Waals surface area (Å²) in [5, 5.41) is 8.85. The van der Waals surface area contributed by atoms with Crippen molar-refractivity contribution in [2.45, 2.75) is 6.92 Å². The molecule has 22 heavy (non-hydrogen) atoms. The first kappa shape index (κ1) is 14.3. The summed E-state index contributed by atoms with van der Waals surface area (Å²) in [6.07, 6.45) is 0. The van der Waals surface area contributed by atoms with E-state index in [0.29, 0.717) is 18.7 Å². The van der Waals surface area contributed by atoms with Gasteiger partial charge in [-0.05, 0) is 30.2 Å². The zero-order chi connectivity index (χ0) is 15.7. The molecule has 0 saturated carbocycles. The molecule has 112 valence electrons. The lowest BCUT2D eigenvalue weighted by Gasteiger charge is -2.36. The normalized spacial score (nSPS) is 14.5. The highest BCUT2D eigenvalue weighted by Crippen LogP contribution is 2.23. The van der Waals surface area contributed by atoms with Gasteiger partial charge >= 0.3 is 5.97 Å². The van der Waals surface area contributed by atoms with Crippen LogP contribution < -0.4 is 0 Å². The molecule has 4 heteroatoms. The molecule has 0 bridgehead atoms. The number of carbonyl (C=O) groups is 2. The molecule has 4 nitrogen and oxygen atoms in total. The minimum absolute atomic E-state index is 0.103. The predicted octanol–water partition coefficient (Wildman–Crippen LogP) is 2.82. The largest absolute Gasteiger partial charge is 0.481 e. The second-order valence-electron chi connectivity index (χ2n) is 5.69. The highest BCUT2D eigenvalue weighted by Gasteiger charge is 2.35. The number of nitrogens with zero attached hydrogens (tertiary/aromatic N) is 1. The number of carboxylic acids is 1. The fraction of sp³-hybridized carbons (Fsp3) is 0.222. The van der Waals surface area contributed by atoms with Gasteiger partial charge in [0.05, 0.1) is 5.92 Å². The van der Waals surface area contributed by atoms with Crippen LogP contribution in [0.15, 0.2) is 48.5 Å². The van der Waals surface area contributed by atoms with Gasteiger partial charge in [0, 0.05) is 18.7 Å². The molecule has 0 spiro atoms. The second-order valence-corrected chi connectivity index (χ2v) is 5.69. The molecule has 1 aliphatic rings. The van der Waals surface area contributed by atoms with Gasteiger partial charge in [-0.1, -0.05) is 42.0 Å². The van der Waals surface area contributed by atoms with Gasteiger partial charge in [0.15, 0.2) is 0 Å². The fourth-order valence-electron chi connectivity index (χ4n) is 2.61. The Morgan fingerprint density at radius 2 is 1.73 bits per heavy atom. The van der Waals surface area contributed by atoms with Crippen molar-refractivity contribution in [3.05, 3.63) is 59.7 Å². The summed E-state index contributed by atoms with van der Waals surface area (Å²) < 4.78 is 0. The molecule has 3 rings (SSSR count). The first-order valence-corrected chi connectivity index (χ1v) is 7.24. The Bertz CT molecular complexity index is 715. The fourth-order valence-corrected chi connectivity index (χ4v) is 2.61. The van der Waals surface area contributed by atoms with Gasteiger partial charge in [0.25, 0.3) is 5.91 Å². The molecule has 2 aromatic carbocycles. The van der Waals surface area contributed by atoms with Crippen LogP contribution in [0.3, 0.4) is 0 Å². The van der Waals surface area contributed by atoms with E-state index in [1.165, 1.54) is 5.56 Å². The van der Waals surface area contributed by atoms with E-state index in [1.807, 2.05) is 37.3 Å². The van der Waals surface area contributed by atoms with Crippen molar-refractivity contribution in [3.63, 3.8) is 0 Å². The number of hydrogen-bond donors (Lipinski definition) is 1. The maximum absolute atomic E-state index is 12.2. The van der Waals surface area contributed by atoms with Crippen LogP contribution in [0.25, 0.3) is 11.1 Å². The minimum atomic E-state index is -0.834. The summed E-state index contributed by atoms with van der Waals surface area (Å²) in [5.41, 5.74) is 3.97. The first-order chi connectivity index (χ1) is 10.5. The zero-order valence-electron chi connectivity index (χ0n) is 12.3. The summed E-state index contributed by atoms with van der Waals surface area (Å²) in [6, 6.07) is 15.6. The van der Waals surface area contributed by atoms with E-state index < -0.39 is 11.9 Å². The third kappa shape index (κ3) is 2.72. The lowest BCUT2D eigenvalue weighted by molar-refractivity contribution is -0.146. The van der Waals surface area contributed by atoms with Gasteiger partial charge in [0.2, 0.25) is 0 Å². The van der Waals surface area contributed by atoms with Crippen LogP contribution in [0.5, 0.6) is 0 Å². The molecule has 1 amide bonds. The van der Waals surface area contributed by atoms with Crippen LogP contribution in [0, 0.1) is 12.8 Å². The van der Waals surface area contributed by atoms with E-state index in [0.717, 1.165) is 11.1 Å². The van der Waals surface area contributed by atoms with E-state index in [9.17, 15) is 9.59 Å². The van der Waals surface area contributed by atoms with Crippen molar-refractivity contribution in [2.24, 2.45) is 5.92 Å². The number of hydrogen-bond acceptors (Lipinski definition) is 2. The van der Waals surface area contributed by atoms with Crippen LogP contribution in [0.1, 0.15) is 15.9 Å². The third-order valence-electron chi connectivity index (χ3n) is 4.00. The number of rotatable bonds is 3. The number of aliphatic carboxylic acids is 1. The maximum Gasteiger partial charge on any atom is 0.310 e. The molecule has 0 radical (unpaired) electrons. The minimum Gasteiger partial charge on any atom is -0.481 e. The van der Waals surface area contributed by atoms with E-state index in [4.69, 9.17) is 5.11 Å². The Morgan fingerprint density at radius 1 is 1.05 bits per heavy atom. The van der Waals surface area contributed by atoms with Crippen molar-refractivity contribution in [1.29, 1.82) is 0 Å². The topological polar surface area (TPSA) is 57.6 Å². The van der Waals surface area contributed by atoms with Crippen molar-refractivity contribution < 1.29 is 14.7 Å². The smallest absolute Gasteiger partial charge is 0.310 e. The van der Waals surface area contributed by atoms with Gasteiger partial charge in [-0.3, -0.25) is 9.59 Å². The van der Waals surface area contributed by atoms with Crippen LogP contribution in [-0.2, 0) is 4.79 Å². The van der Waals surface area contributed by atoms with Gasteiger partial charge in [-0.2, -0.15) is 0 Å². The molecule has 0 aromatic heterocycles. The van der Waals surface area contributed by atoms with Gasteiger partial charge in [0.1, 0.15) is 0 Å². The van der Waals surface area contributed by atoms with Crippen molar-refractivity contribution >= 4 is 11.9 Å². The molecule has 1 aliphatic heterocycles. The van der Waals surface area contributed by atoms with Gasteiger partial charge < -0.3 is 10.0 Å². The first-order valence-electron chi connectivity index (χ1n) is 7.24. The molecule has 1 heterocycles. The molecule has 0 atom stereocenters. The van der Waals surface area contributed by atoms with Crippen LogP contribution in [0.2, 0.25) is 0 Å². The highest BCUT2D eigenvalue weighted by molar-refractivity contribution is 5.96. The Balaban J connectivity index is 1.72. The lowest BCUT2D eigenvalue weighted by Crippen LogP contribution is -2.53. The molecule has 0 aliphatic carbocycles. The quantitative estimate of drug-likeness (QED) is 0.947. The molecular formula is C18H17NO3. The third-order valence-corrected chi connectivity index (χ3v) is 4.00. The van der Waals surface area contributed by atoms with Crippen LogP contribution in [-0.4, -0.2) is 35.0 Å². The summed E-state index contributed by atoms with van der Waals surface area (Å²) in [7, 11) is 0. The van der Waals surface area contributed by atoms with Crippen LogP contribution >= 0.6 is 0 Å². The average molecular weight is 295 g/mol. The van der Waals surface area contributed by atoms with Crippen LogP contribution in [0.4, 0.5) is 0 Å². The summed E-state index contributed by atoms with van der Waals surface area (Å²) in [4.78, 5) is 24.6. The lowest BCUT2D eigenvalue weighted by atomic mass is 9.98. The van der Waals surface area contributed by atoms with E-state index in [-0.39, 0.29) is 5.91 Å². The Labute approximate surface area is 129 Å². The molecule has 2 aromatic rings. The number of amides is 1. The molecular weight excluding hydrogens is 278 g/mol. The number of carbonyl (C=O) groups excluding carboxylic acids is 1. The molecule has 0 unspecified atom stereocenters. The number of aryl methyl sites for hydroxylation is 1. The van der Waals surface area contributed by atoms with E-state index in [1.54, 1.807) is 17.0 Å². The second kappa shape index (κ2) is 5.64. The van der Waals surface area contributed by atoms with Crippen molar-refractivity contribution in [1.82, 2.24) is 4.90 Å². The number of carboxylic acid groups (broad SMARTS) is 1. The van der Waals surface area contributed by atoms with E-state index in [2.05, 4.69) is 6.07 Å². The zero-order valence-corrected chi connectivity index (χ0v) is 12.3. The molecule has 1 saturated heterocycles. The Hall–Kier alpha value is -2.62. The maximum atomic E-state index is 12.2. The standard InChI is InChI=1S/C18H17NO3/c1-12-3-2-4-15(9-12)13-5-7-14(8-6-13)17(20)19-10-16(11-19)18(21)22/h2-9,16H,10-11H2,1H3,(H,21,22). The molecule has 1 fully saturated rings. The molecule has 1 N–H and O–H groups in total. The van der Waals surface area contributed by atoms with Gasteiger partial charge in [-0.15, -0.1) is 0 Å². The average Bonchev–Trinajstić information content (AvgIpc) is 2.45. The van der Waals surface area contributed by atoms with Gasteiger partial charge in [-0.25, -0.2) is 0 Å². The monoisotopic (exact) mass is 295 g/mol. The van der Waals surface area contributed by atoms with Crippen molar-refractivity contribution in [2.75, 3.05) is 13.1 Å². The summed E-state index contributed by atoms with van der Waals surface area (Å²) in [5.74, 6) is -1.36. The SMILES string of the molecule is Cc1cccc(-c2ccc(C(=O)N3CC(C(=O)O)C3)cc2)c1. The van der Waals surface area contributed by atoms with Crippen molar-refractivity contribution in [3.8, 4) is 11.1 Å².